The van der Waals surface area contributed by atoms with Gasteiger partial charge in [-0.2, -0.15) is 0 Å². The molecule has 4 atom stereocenters. The lowest BCUT2D eigenvalue weighted by Gasteiger charge is -2.41. The van der Waals surface area contributed by atoms with E-state index in [-0.39, 0.29) is 31.2 Å². The van der Waals surface area contributed by atoms with E-state index in [1.165, 1.54) is 7.11 Å². The maximum atomic E-state index is 12.9. The first-order valence-corrected chi connectivity index (χ1v) is 10.1. The second-order valence-corrected chi connectivity index (χ2v) is 7.80. The highest BCUT2D eigenvalue weighted by atomic mass is 16.7. The van der Waals surface area contributed by atoms with E-state index in [0.29, 0.717) is 28.7 Å². The molecule has 3 aliphatic rings. The molecule has 1 N–H and O–H groups in total. The van der Waals surface area contributed by atoms with Crippen LogP contribution in [0.25, 0.3) is 5.53 Å². The predicted octanol–water partition coefficient (Wildman–Crippen LogP) is 2.94. The summed E-state index contributed by atoms with van der Waals surface area (Å²) < 4.78 is 33.2. The van der Waals surface area contributed by atoms with E-state index in [9.17, 15) is 10.3 Å². The summed E-state index contributed by atoms with van der Waals surface area (Å²) in [5, 5.41) is 3.17. The number of benzene rings is 2. The first-order valence-electron chi connectivity index (χ1n) is 10.1. The minimum atomic E-state index is -0.523. The molecule has 1 aliphatic carbocycles. The number of nitrogens with zero attached hydrogens (tertiary/aromatic N) is 2. The molecule has 4 unspecified atom stereocenters. The van der Waals surface area contributed by atoms with Crippen molar-refractivity contribution in [3.63, 3.8) is 0 Å². The maximum absolute atomic E-state index is 12.9. The molecule has 2 aliphatic heterocycles. The Morgan fingerprint density at radius 3 is 2.22 bits per heavy atom. The predicted molar refractivity (Wildman–Crippen MR) is 110 cm³/mol. The number of methoxy groups -OCH3 is 3. The van der Waals surface area contributed by atoms with Crippen LogP contribution in [0.3, 0.4) is 0 Å². The van der Waals surface area contributed by atoms with Crippen molar-refractivity contribution in [1.82, 2.24) is 5.43 Å². The lowest BCUT2D eigenvalue weighted by Crippen LogP contribution is -2.39. The summed E-state index contributed by atoms with van der Waals surface area (Å²) >= 11 is 0. The van der Waals surface area contributed by atoms with Crippen LogP contribution in [0.5, 0.6) is 28.7 Å². The average molecular weight is 440 g/mol. The molecule has 32 heavy (non-hydrogen) atoms. The number of hydrogen-bond donors (Lipinski definition) is 1. The van der Waals surface area contributed by atoms with Crippen molar-refractivity contribution in [3.05, 3.63) is 46.5 Å². The molecule has 0 amide bonds. The van der Waals surface area contributed by atoms with Crippen LogP contribution in [0.2, 0.25) is 0 Å². The Bertz CT molecular complexity index is 1060. The number of esters is 1. The van der Waals surface area contributed by atoms with Gasteiger partial charge in [0.2, 0.25) is 12.5 Å². The van der Waals surface area contributed by atoms with Crippen LogP contribution in [-0.2, 0) is 9.53 Å². The van der Waals surface area contributed by atoms with E-state index in [2.05, 4.69) is 10.6 Å². The van der Waals surface area contributed by atoms with Crippen LogP contribution in [0, 0.1) is 11.8 Å². The summed E-state index contributed by atoms with van der Waals surface area (Å²) in [6.45, 7) is 0.315. The second-order valence-electron chi connectivity index (χ2n) is 7.80. The fourth-order valence-corrected chi connectivity index (χ4v) is 5.07. The van der Waals surface area contributed by atoms with Gasteiger partial charge in [-0.05, 0) is 41.0 Å². The number of rotatable bonds is 6. The molecule has 0 bridgehead atoms. The van der Waals surface area contributed by atoms with Crippen molar-refractivity contribution < 1.29 is 33.2 Å². The van der Waals surface area contributed by atoms with Crippen LogP contribution < -0.4 is 29.1 Å². The highest BCUT2D eigenvalue weighted by Gasteiger charge is 2.51. The Labute approximate surface area is 184 Å². The third-order valence-corrected chi connectivity index (χ3v) is 6.43. The number of nitrogens with one attached hydrogen (secondary N) is 1. The van der Waals surface area contributed by atoms with E-state index < -0.39 is 12.0 Å². The van der Waals surface area contributed by atoms with Crippen molar-refractivity contribution in [2.75, 3.05) is 34.7 Å². The van der Waals surface area contributed by atoms with Crippen molar-refractivity contribution in [2.24, 2.45) is 17.1 Å². The number of hydrogen-bond acceptors (Lipinski definition) is 8. The summed E-state index contributed by atoms with van der Waals surface area (Å²) in [4.78, 5) is 12.9. The van der Waals surface area contributed by atoms with Crippen molar-refractivity contribution in [1.29, 1.82) is 0 Å². The highest BCUT2D eigenvalue weighted by Crippen LogP contribution is 2.55. The minimum absolute atomic E-state index is 0.116. The van der Waals surface area contributed by atoms with E-state index in [4.69, 9.17) is 28.4 Å². The van der Waals surface area contributed by atoms with Gasteiger partial charge in [0.25, 0.3) is 0 Å². The first kappa shape index (κ1) is 20.2. The summed E-state index contributed by atoms with van der Waals surface area (Å²) in [7, 11) is 4.63. The van der Waals surface area contributed by atoms with Crippen LogP contribution >= 0.6 is 0 Å². The Morgan fingerprint density at radius 1 is 0.969 bits per heavy atom. The van der Waals surface area contributed by atoms with Gasteiger partial charge in [-0.3, -0.25) is 10.0 Å². The molecule has 0 spiro atoms. The van der Waals surface area contributed by atoms with Crippen molar-refractivity contribution in [2.45, 2.75) is 12.0 Å². The summed E-state index contributed by atoms with van der Waals surface area (Å²) in [6, 6.07) is 6.98. The maximum Gasteiger partial charge on any atom is 0.310 e. The number of ether oxygens (including phenoxy) is 6. The normalized spacial score (nSPS) is 24.8. The summed E-state index contributed by atoms with van der Waals surface area (Å²) in [6.07, 6.45) is 0. The smallest absolute Gasteiger partial charge is 0.310 e. The Morgan fingerprint density at radius 2 is 1.62 bits per heavy atom. The zero-order valence-electron chi connectivity index (χ0n) is 17.8. The Kier molecular flexibility index (Phi) is 4.91. The molecular formula is C22H22N3O7-. The molecule has 1 fully saturated rings. The van der Waals surface area contributed by atoms with Crippen LogP contribution in [0.1, 0.15) is 28.7 Å². The van der Waals surface area contributed by atoms with Gasteiger partial charge in [-0.15, -0.1) is 0 Å². The first-order chi connectivity index (χ1) is 15.6. The van der Waals surface area contributed by atoms with Gasteiger partial charge in [-0.1, -0.05) is 0 Å². The SMILES string of the molecule is COc1cc(C2c3cc4c(cc3C(NN=[N-])C3COC(=O)C23)OCO4)cc(OC)c1OC. The van der Waals surface area contributed by atoms with Gasteiger partial charge in [0.05, 0.1) is 33.9 Å². The zero-order chi connectivity index (χ0) is 22.4. The molecule has 2 aromatic carbocycles. The number of cyclic esters (lactones) is 1. The van der Waals surface area contributed by atoms with Gasteiger partial charge in [0.1, 0.15) is 0 Å². The summed E-state index contributed by atoms with van der Waals surface area (Å²) in [5.41, 5.74) is 14.5. The number of carbonyl (C=O) groups is 1. The Balaban J connectivity index is 1.75. The standard InChI is InChI=1S/C22H22N3O7/c1-27-16-4-10(5-17(28-2)21(16)29-3)18-11-6-14-15(32-9-31-14)7-12(11)20(24-25-23)13-8-30-22(26)19(13)18/h4-7,13,18-20H,8-9H2,1-3H3,(H-,23,24)/q-1. The lowest BCUT2D eigenvalue weighted by molar-refractivity contribution is -0.141. The third kappa shape index (κ3) is 2.89. The van der Waals surface area contributed by atoms with Crippen LogP contribution in [-0.4, -0.2) is 40.7 Å². The fourth-order valence-electron chi connectivity index (χ4n) is 5.07. The van der Waals surface area contributed by atoms with Crippen LogP contribution in [0.4, 0.5) is 0 Å². The fraction of sp³-hybridized carbons (Fsp3) is 0.409. The molecule has 10 nitrogen and oxygen atoms in total. The lowest BCUT2D eigenvalue weighted by atomic mass is 9.65. The molecule has 0 saturated carbocycles. The number of carbonyl (C=O) groups excluding carboxylic acids is 1. The minimum Gasteiger partial charge on any atom is -0.493 e. The quantitative estimate of drug-likeness (QED) is 0.414. The van der Waals surface area contributed by atoms with E-state index in [1.54, 1.807) is 14.2 Å². The van der Waals surface area contributed by atoms with Crippen molar-refractivity contribution >= 4 is 5.97 Å². The van der Waals surface area contributed by atoms with E-state index >= 15 is 0 Å². The second kappa shape index (κ2) is 7.77. The van der Waals surface area contributed by atoms with Crippen molar-refractivity contribution in [3.8, 4) is 28.7 Å². The molecule has 2 aromatic rings. The topological polar surface area (TPSA) is 119 Å². The number of fused-ring (bicyclic) bond motifs is 3. The van der Waals surface area contributed by atoms with Gasteiger partial charge < -0.3 is 39.4 Å². The van der Waals surface area contributed by atoms with Gasteiger partial charge in [0.15, 0.2) is 23.0 Å². The van der Waals surface area contributed by atoms with Crippen LogP contribution in [0.15, 0.2) is 29.5 Å². The molecule has 0 aromatic heterocycles. The molecule has 0 radical (unpaired) electrons. The molecular weight excluding hydrogens is 418 g/mol. The summed E-state index contributed by atoms with van der Waals surface area (Å²) in [5.74, 6) is 1.12. The highest BCUT2D eigenvalue weighted by molar-refractivity contribution is 5.79. The van der Waals surface area contributed by atoms with E-state index in [0.717, 1.165) is 16.7 Å². The molecule has 2 heterocycles. The Hall–Kier alpha value is -3.69. The van der Waals surface area contributed by atoms with E-state index in [1.807, 2.05) is 24.3 Å². The van der Waals surface area contributed by atoms with Gasteiger partial charge >= 0.3 is 5.97 Å². The molecule has 1 saturated heterocycles. The largest absolute Gasteiger partial charge is 0.493 e. The third-order valence-electron chi connectivity index (χ3n) is 6.43. The zero-order valence-corrected chi connectivity index (χ0v) is 17.8. The van der Waals surface area contributed by atoms with Gasteiger partial charge in [-0.25, -0.2) is 0 Å². The average Bonchev–Trinajstić information content (AvgIpc) is 3.43. The van der Waals surface area contributed by atoms with Gasteiger partial charge in [0, 0.05) is 17.9 Å². The molecule has 10 heteroatoms. The molecule has 5 rings (SSSR count). The molecule has 168 valence electrons. The monoisotopic (exact) mass is 440 g/mol.